The summed E-state index contributed by atoms with van der Waals surface area (Å²) in [6.45, 7) is 5.40. The maximum absolute atomic E-state index is 12.4. The van der Waals surface area contributed by atoms with Gasteiger partial charge >= 0.3 is 0 Å². The van der Waals surface area contributed by atoms with Crippen molar-refractivity contribution in [2.45, 2.75) is 39.5 Å². The molecule has 1 N–H and O–H groups in total. The molecule has 0 radical (unpaired) electrons. The lowest BCUT2D eigenvalue weighted by molar-refractivity contribution is 0.0949. The number of methoxy groups -OCH3 is 2. The summed E-state index contributed by atoms with van der Waals surface area (Å²) in [7, 11) is 3.29. The van der Waals surface area contributed by atoms with Crippen LogP contribution in [0.2, 0.25) is 0 Å². The summed E-state index contributed by atoms with van der Waals surface area (Å²) >= 11 is 1.52. The van der Waals surface area contributed by atoms with Crippen molar-refractivity contribution in [3.05, 3.63) is 106 Å². The summed E-state index contributed by atoms with van der Waals surface area (Å²) in [5, 5.41) is 5.66. The third-order valence-corrected chi connectivity index (χ3v) is 7.25. The Balaban J connectivity index is 1.43. The third kappa shape index (κ3) is 8.56. The molecule has 0 aliphatic rings. The molecule has 40 heavy (non-hydrogen) atoms. The number of aromatic nitrogens is 1. The summed E-state index contributed by atoms with van der Waals surface area (Å²) in [6, 6.07) is 24.4. The first-order valence-corrected chi connectivity index (χ1v) is 14.4. The van der Waals surface area contributed by atoms with Gasteiger partial charge in [0.1, 0.15) is 23.1 Å². The Morgan fingerprint density at radius 1 is 0.900 bits per heavy atom. The number of nitrogens with zero attached hydrogens (tertiary/aromatic N) is 2. The average molecular weight is 560 g/mol. The van der Waals surface area contributed by atoms with Gasteiger partial charge in [0.05, 0.1) is 20.8 Å². The van der Waals surface area contributed by atoms with Crippen molar-refractivity contribution in [2.75, 3.05) is 27.3 Å². The molecule has 0 saturated carbocycles. The second-order valence-corrected chi connectivity index (χ2v) is 10.4. The molecule has 3 aromatic carbocycles. The number of hydrogen-bond donors (Lipinski definition) is 1. The number of ether oxygens (including phenoxy) is 3. The number of benzene rings is 3. The largest absolute Gasteiger partial charge is 0.493 e. The third-order valence-electron chi connectivity index (χ3n) is 6.42. The number of thiazole rings is 1. The van der Waals surface area contributed by atoms with Crippen LogP contribution in [0, 0.1) is 0 Å². The minimum absolute atomic E-state index is 0.118. The van der Waals surface area contributed by atoms with E-state index in [-0.39, 0.29) is 5.91 Å². The van der Waals surface area contributed by atoms with Crippen molar-refractivity contribution in [3.63, 3.8) is 0 Å². The van der Waals surface area contributed by atoms with Crippen LogP contribution in [-0.4, -0.2) is 43.1 Å². The molecule has 8 heteroatoms. The van der Waals surface area contributed by atoms with E-state index in [0.717, 1.165) is 53.6 Å². The molecule has 0 bridgehead atoms. The van der Waals surface area contributed by atoms with E-state index in [1.165, 1.54) is 16.9 Å². The molecule has 1 amide bonds. The maximum atomic E-state index is 12.4. The zero-order valence-corrected chi connectivity index (χ0v) is 24.2. The lowest BCUT2D eigenvalue weighted by Crippen LogP contribution is -2.26. The molecule has 1 heterocycles. The number of carbonyl (C=O) groups excluding carboxylic acids is 1. The van der Waals surface area contributed by atoms with Gasteiger partial charge in [0.15, 0.2) is 11.5 Å². The molecule has 0 atom stereocenters. The number of rotatable bonds is 15. The Morgan fingerprint density at radius 2 is 1.65 bits per heavy atom. The second-order valence-electron chi connectivity index (χ2n) is 9.45. The summed E-state index contributed by atoms with van der Waals surface area (Å²) in [5.74, 6) is 2.16. The predicted octanol–water partition coefficient (Wildman–Crippen LogP) is 6.12. The van der Waals surface area contributed by atoms with Gasteiger partial charge in [-0.3, -0.25) is 9.69 Å². The smallest absolute Gasteiger partial charge is 0.270 e. The molecule has 0 saturated heterocycles. The molecule has 1 aromatic heterocycles. The van der Waals surface area contributed by atoms with Gasteiger partial charge in [-0.2, -0.15) is 0 Å². The molecule has 0 fully saturated rings. The molecule has 4 rings (SSSR count). The van der Waals surface area contributed by atoms with Crippen molar-refractivity contribution in [3.8, 4) is 17.2 Å². The van der Waals surface area contributed by atoms with E-state index in [4.69, 9.17) is 14.2 Å². The first-order valence-electron chi connectivity index (χ1n) is 13.5. The van der Waals surface area contributed by atoms with Gasteiger partial charge in [0.25, 0.3) is 5.91 Å². The van der Waals surface area contributed by atoms with Crippen LogP contribution in [0.25, 0.3) is 0 Å². The van der Waals surface area contributed by atoms with Crippen LogP contribution in [0.1, 0.15) is 45.5 Å². The van der Waals surface area contributed by atoms with Gasteiger partial charge in [0.2, 0.25) is 0 Å². The first kappa shape index (κ1) is 29.1. The topological polar surface area (TPSA) is 72.9 Å². The van der Waals surface area contributed by atoms with E-state index >= 15 is 0 Å². The highest BCUT2D eigenvalue weighted by atomic mass is 32.1. The Labute approximate surface area is 240 Å². The number of nitrogens with one attached hydrogen (secondary N) is 1. The van der Waals surface area contributed by atoms with Gasteiger partial charge in [0, 0.05) is 25.0 Å². The summed E-state index contributed by atoms with van der Waals surface area (Å²) in [6.07, 6.45) is 1.72. The summed E-state index contributed by atoms with van der Waals surface area (Å²) < 4.78 is 16.8. The minimum atomic E-state index is -0.118. The fourth-order valence-corrected chi connectivity index (χ4v) is 5.05. The number of amides is 1. The Bertz CT molecular complexity index is 1340. The van der Waals surface area contributed by atoms with E-state index in [1.807, 2.05) is 54.8 Å². The molecular formula is C32H37N3O4S. The summed E-state index contributed by atoms with van der Waals surface area (Å²) in [5.41, 5.74) is 3.95. The molecule has 0 unspecified atom stereocenters. The van der Waals surface area contributed by atoms with E-state index in [9.17, 15) is 4.79 Å². The highest BCUT2D eigenvalue weighted by molar-refractivity contribution is 7.09. The van der Waals surface area contributed by atoms with Crippen molar-refractivity contribution >= 4 is 17.2 Å². The maximum Gasteiger partial charge on any atom is 0.270 e. The first-order chi connectivity index (χ1) is 19.6. The SMILES string of the molecule is CCCNC(=O)c1csc(CN(CCc2ccc(OC)c(OC)c2)Cc2ccc(OCc3ccccc3)cc2)n1. The highest BCUT2D eigenvalue weighted by Crippen LogP contribution is 2.28. The Morgan fingerprint density at radius 3 is 2.38 bits per heavy atom. The monoisotopic (exact) mass is 559 g/mol. The van der Waals surface area contributed by atoms with Crippen LogP contribution in [-0.2, 0) is 26.1 Å². The normalized spacial score (nSPS) is 10.9. The molecule has 210 valence electrons. The molecule has 0 aliphatic heterocycles. The van der Waals surface area contributed by atoms with Gasteiger partial charge in [-0.1, -0.05) is 55.5 Å². The van der Waals surface area contributed by atoms with Crippen molar-refractivity contribution in [1.29, 1.82) is 0 Å². The fourth-order valence-electron chi connectivity index (χ4n) is 4.24. The quantitative estimate of drug-likeness (QED) is 0.189. The predicted molar refractivity (Wildman–Crippen MR) is 159 cm³/mol. The lowest BCUT2D eigenvalue weighted by Gasteiger charge is -2.22. The molecule has 7 nitrogen and oxygen atoms in total. The standard InChI is InChI=1S/C32H37N3O4S/c1-4-17-33-32(36)28-23-40-31(34-28)21-35(18-16-24-12-15-29(37-2)30(19-24)38-3)20-25-10-13-27(14-11-25)39-22-26-8-6-5-7-9-26/h5-15,19,23H,4,16-18,20-22H2,1-3H3,(H,33,36). The van der Waals surface area contributed by atoms with E-state index in [0.29, 0.717) is 31.1 Å². The number of carbonyl (C=O) groups is 1. The molecule has 0 aliphatic carbocycles. The van der Waals surface area contributed by atoms with E-state index < -0.39 is 0 Å². The van der Waals surface area contributed by atoms with Gasteiger partial charge in [-0.15, -0.1) is 11.3 Å². The van der Waals surface area contributed by atoms with E-state index in [2.05, 4.69) is 45.5 Å². The van der Waals surface area contributed by atoms with E-state index in [1.54, 1.807) is 14.2 Å². The van der Waals surface area contributed by atoms with Crippen LogP contribution in [0.15, 0.2) is 78.2 Å². The van der Waals surface area contributed by atoms with Crippen LogP contribution in [0.4, 0.5) is 0 Å². The highest BCUT2D eigenvalue weighted by Gasteiger charge is 2.15. The molecule has 4 aromatic rings. The van der Waals surface area contributed by atoms with Gasteiger partial charge in [-0.05, 0) is 53.8 Å². The van der Waals surface area contributed by atoms with Crippen LogP contribution < -0.4 is 19.5 Å². The van der Waals surface area contributed by atoms with Crippen molar-refractivity contribution in [2.24, 2.45) is 0 Å². The average Bonchev–Trinajstić information content (AvgIpc) is 3.47. The summed E-state index contributed by atoms with van der Waals surface area (Å²) in [4.78, 5) is 19.4. The fraction of sp³-hybridized carbons (Fsp3) is 0.312. The van der Waals surface area contributed by atoms with Crippen LogP contribution in [0.5, 0.6) is 17.2 Å². The van der Waals surface area contributed by atoms with Crippen LogP contribution in [0.3, 0.4) is 0 Å². The Hall–Kier alpha value is -3.88. The minimum Gasteiger partial charge on any atom is -0.493 e. The zero-order chi connectivity index (χ0) is 28.2. The Kier molecular flexibility index (Phi) is 11.0. The second kappa shape index (κ2) is 15.1. The lowest BCUT2D eigenvalue weighted by atomic mass is 10.1. The van der Waals surface area contributed by atoms with Crippen molar-refractivity contribution < 1.29 is 19.0 Å². The van der Waals surface area contributed by atoms with Gasteiger partial charge < -0.3 is 19.5 Å². The van der Waals surface area contributed by atoms with Crippen molar-refractivity contribution in [1.82, 2.24) is 15.2 Å². The van der Waals surface area contributed by atoms with Crippen LogP contribution >= 0.6 is 11.3 Å². The van der Waals surface area contributed by atoms with Gasteiger partial charge in [-0.25, -0.2) is 4.98 Å². The molecular weight excluding hydrogens is 522 g/mol. The zero-order valence-electron chi connectivity index (χ0n) is 23.4. The number of hydrogen-bond acceptors (Lipinski definition) is 7. The molecule has 0 spiro atoms.